The Morgan fingerprint density at radius 3 is 2.40 bits per heavy atom. The van der Waals surface area contributed by atoms with Crippen molar-refractivity contribution >= 4 is 21.9 Å². The number of carbonyl (C=O) groups is 1. The highest BCUT2D eigenvalue weighted by molar-refractivity contribution is 9.10. The molecule has 1 saturated carbocycles. The molecule has 5 nitrogen and oxygen atoms in total. The van der Waals surface area contributed by atoms with Gasteiger partial charge >= 0.3 is 5.97 Å². The van der Waals surface area contributed by atoms with E-state index < -0.39 is 5.60 Å². The van der Waals surface area contributed by atoms with Crippen LogP contribution in [0.4, 0.5) is 0 Å². The number of ether oxygens (including phenoxy) is 2. The fourth-order valence-electron chi connectivity index (χ4n) is 3.99. The van der Waals surface area contributed by atoms with Gasteiger partial charge in [0.05, 0.1) is 16.8 Å². The maximum absolute atomic E-state index is 11.8. The first-order valence-corrected chi connectivity index (χ1v) is 11.6. The maximum Gasteiger partial charge on any atom is 0.332 e. The molecule has 0 spiro atoms. The fourth-order valence-corrected chi connectivity index (χ4v) is 4.50. The number of hydrogen-bond donors (Lipinski definition) is 0. The summed E-state index contributed by atoms with van der Waals surface area (Å²) in [4.78, 5) is 11.8. The normalized spacial score (nSPS) is 19.6. The number of halogens is 1. The summed E-state index contributed by atoms with van der Waals surface area (Å²) in [6.45, 7) is 9.36. The summed E-state index contributed by atoms with van der Waals surface area (Å²) in [6.07, 6.45) is 4.59. The van der Waals surface area contributed by atoms with Crippen LogP contribution >= 0.6 is 15.9 Å². The van der Waals surface area contributed by atoms with Crippen molar-refractivity contribution < 1.29 is 14.3 Å². The lowest BCUT2D eigenvalue weighted by atomic mass is 9.82. The Morgan fingerprint density at radius 1 is 1.13 bits per heavy atom. The lowest BCUT2D eigenvalue weighted by molar-refractivity contribution is -0.160. The molecule has 0 unspecified atom stereocenters. The van der Waals surface area contributed by atoms with E-state index in [0.29, 0.717) is 18.4 Å². The van der Waals surface area contributed by atoms with Crippen LogP contribution in [0.1, 0.15) is 52.1 Å². The van der Waals surface area contributed by atoms with Gasteiger partial charge in [-0.15, -0.1) is 0 Å². The third kappa shape index (κ3) is 6.42. The van der Waals surface area contributed by atoms with E-state index in [1.165, 1.54) is 5.69 Å². The zero-order valence-electron chi connectivity index (χ0n) is 18.5. The van der Waals surface area contributed by atoms with Crippen molar-refractivity contribution in [2.45, 2.75) is 65.5 Å². The monoisotopic (exact) mass is 476 g/mol. The molecule has 0 saturated heterocycles. The second kappa shape index (κ2) is 10.1. The average molecular weight is 477 g/mol. The minimum Gasteiger partial charge on any atom is -0.458 e. The van der Waals surface area contributed by atoms with E-state index in [-0.39, 0.29) is 12.6 Å². The van der Waals surface area contributed by atoms with Gasteiger partial charge in [0.25, 0.3) is 0 Å². The Hall–Kier alpha value is -1.66. The van der Waals surface area contributed by atoms with Crippen LogP contribution in [-0.4, -0.2) is 34.6 Å². The summed E-state index contributed by atoms with van der Waals surface area (Å²) in [6, 6.07) is 10.3. The molecule has 1 fully saturated rings. The molecule has 0 N–H and O–H groups in total. The highest BCUT2D eigenvalue weighted by Gasteiger charge is 2.24. The highest BCUT2D eigenvalue weighted by atomic mass is 79.9. The van der Waals surface area contributed by atoms with Crippen LogP contribution in [0.3, 0.4) is 0 Å². The molecule has 1 heterocycles. The van der Waals surface area contributed by atoms with E-state index in [0.717, 1.165) is 48.0 Å². The topological polar surface area (TPSA) is 53.4 Å². The number of esters is 1. The van der Waals surface area contributed by atoms with Gasteiger partial charge < -0.3 is 9.47 Å². The van der Waals surface area contributed by atoms with Crippen LogP contribution in [-0.2, 0) is 20.8 Å². The van der Waals surface area contributed by atoms with Gasteiger partial charge in [-0.3, -0.25) is 4.68 Å². The molecule has 0 amide bonds. The second-order valence-electron chi connectivity index (χ2n) is 9.28. The Morgan fingerprint density at radius 2 is 1.77 bits per heavy atom. The highest BCUT2D eigenvalue weighted by Crippen LogP contribution is 2.33. The number of benzene rings is 1. The molecule has 0 radical (unpaired) electrons. The summed E-state index contributed by atoms with van der Waals surface area (Å²) in [7, 11) is 0. The van der Waals surface area contributed by atoms with Crippen molar-refractivity contribution in [3.05, 3.63) is 40.5 Å². The first-order chi connectivity index (χ1) is 14.2. The van der Waals surface area contributed by atoms with Gasteiger partial charge in [-0.25, -0.2) is 4.79 Å². The van der Waals surface area contributed by atoms with E-state index in [9.17, 15) is 4.79 Å². The van der Waals surface area contributed by atoms with Crippen molar-refractivity contribution in [2.75, 3.05) is 13.2 Å². The van der Waals surface area contributed by atoms with Crippen LogP contribution in [0.2, 0.25) is 0 Å². The van der Waals surface area contributed by atoms with Gasteiger partial charge in [0, 0.05) is 12.1 Å². The summed E-state index contributed by atoms with van der Waals surface area (Å²) in [5.41, 5.74) is 2.87. The van der Waals surface area contributed by atoms with Crippen LogP contribution in [0.5, 0.6) is 0 Å². The Balaban J connectivity index is 1.46. The Labute approximate surface area is 188 Å². The van der Waals surface area contributed by atoms with Crippen LogP contribution in [0.15, 0.2) is 34.8 Å². The van der Waals surface area contributed by atoms with Crippen LogP contribution in [0, 0.1) is 18.8 Å². The largest absolute Gasteiger partial charge is 0.458 e. The van der Waals surface area contributed by atoms with E-state index in [4.69, 9.17) is 14.6 Å². The molecular weight excluding hydrogens is 444 g/mol. The van der Waals surface area contributed by atoms with Crippen molar-refractivity contribution in [1.29, 1.82) is 0 Å². The summed E-state index contributed by atoms with van der Waals surface area (Å²) in [5, 5.41) is 4.88. The van der Waals surface area contributed by atoms with Gasteiger partial charge in [-0.05, 0) is 81.1 Å². The Bertz CT molecular complexity index is 834. The molecule has 2 aromatic rings. The van der Waals surface area contributed by atoms with Gasteiger partial charge in [0.2, 0.25) is 0 Å². The van der Waals surface area contributed by atoms with E-state index in [1.54, 1.807) is 0 Å². The molecule has 3 rings (SSSR count). The first-order valence-electron chi connectivity index (χ1n) is 10.8. The number of hydrogen-bond acceptors (Lipinski definition) is 4. The van der Waals surface area contributed by atoms with E-state index >= 15 is 0 Å². The smallest absolute Gasteiger partial charge is 0.332 e. The van der Waals surface area contributed by atoms with Gasteiger partial charge in [0.15, 0.2) is 0 Å². The minimum absolute atomic E-state index is 0.0416. The molecule has 1 aliphatic carbocycles. The zero-order valence-corrected chi connectivity index (χ0v) is 20.1. The summed E-state index contributed by atoms with van der Waals surface area (Å²) in [5.74, 6) is 0.861. The maximum atomic E-state index is 11.8. The summed E-state index contributed by atoms with van der Waals surface area (Å²) < 4.78 is 14.1. The third-order valence-electron chi connectivity index (χ3n) is 5.57. The van der Waals surface area contributed by atoms with Crippen LogP contribution in [0.25, 0.3) is 11.3 Å². The molecule has 1 aromatic heterocycles. The van der Waals surface area contributed by atoms with Crippen molar-refractivity contribution in [3.63, 3.8) is 0 Å². The third-order valence-corrected chi connectivity index (χ3v) is 6.52. The molecule has 1 aliphatic rings. The van der Waals surface area contributed by atoms with E-state index in [1.807, 2.05) is 39.0 Å². The molecule has 0 bridgehead atoms. The Kier molecular flexibility index (Phi) is 7.75. The van der Waals surface area contributed by atoms with Gasteiger partial charge in [-0.2, -0.15) is 5.10 Å². The molecule has 0 aliphatic heterocycles. The van der Waals surface area contributed by atoms with Crippen LogP contribution < -0.4 is 0 Å². The quantitative estimate of drug-likeness (QED) is 0.474. The van der Waals surface area contributed by atoms with Crippen molar-refractivity contribution in [3.8, 4) is 11.3 Å². The fraction of sp³-hybridized carbons (Fsp3) is 0.583. The number of nitrogens with zero attached hydrogens (tertiary/aromatic N) is 2. The van der Waals surface area contributed by atoms with E-state index in [2.05, 4.69) is 39.7 Å². The van der Waals surface area contributed by atoms with Gasteiger partial charge in [0.1, 0.15) is 17.9 Å². The van der Waals surface area contributed by atoms with Gasteiger partial charge in [-0.1, -0.05) is 30.3 Å². The average Bonchev–Trinajstić information content (AvgIpc) is 2.97. The number of aromatic nitrogens is 2. The molecule has 164 valence electrons. The molecule has 6 heteroatoms. The lowest BCUT2D eigenvalue weighted by Gasteiger charge is -2.28. The first kappa shape index (κ1) is 23.0. The minimum atomic E-state index is -0.460. The van der Waals surface area contributed by atoms with Crippen molar-refractivity contribution in [2.24, 2.45) is 11.8 Å². The predicted octanol–water partition coefficient (Wildman–Crippen LogP) is 5.79. The molecular formula is C24H33BrN2O3. The zero-order chi connectivity index (χ0) is 21.7. The second-order valence-corrected chi connectivity index (χ2v) is 10.1. The molecule has 0 atom stereocenters. The lowest BCUT2D eigenvalue weighted by Crippen LogP contribution is -2.28. The molecule has 1 aromatic carbocycles. The number of carbonyl (C=O) groups excluding carboxylic acids is 1. The summed E-state index contributed by atoms with van der Waals surface area (Å²) >= 11 is 3.73. The standard InChI is InChI=1S/C24H33BrN2O3/c1-17-22(25)23(20-8-6-5-7-9-20)26-27(17)14-18-10-12-19(13-11-18)15-29-16-21(28)30-24(2,3)4/h5-9,18-19H,10-16H2,1-4H3/t18-,19+. The molecule has 30 heavy (non-hydrogen) atoms. The predicted molar refractivity (Wildman–Crippen MR) is 122 cm³/mol. The SMILES string of the molecule is Cc1c(Br)c(-c2ccccc2)nn1C[C@H]1CC[C@@H](COCC(=O)OC(C)(C)C)CC1. The van der Waals surface area contributed by atoms with Crippen molar-refractivity contribution in [1.82, 2.24) is 9.78 Å². The number of rotatable bonds is 7.